The van der Waals surface area contributed by atoms with Crippen LogP contribution in [-0.4, -0.2) is 17.3 Å². The monoisotopic (exact) mass is 299 g/mol. The van der Waals surface area contributed by atoms with Crippen molar-refractivity contribution in [3.8, 4) is 0 Å². The molecule has 2 nitrogen and oxygen atoms in total. The van der Waals surface area contributed by atoms with Gasteiger partial charge < -0.3 is 5.32 Å². The number of hydrogen-bond donors (Lipinski definition) is 1. The van der Waals surface area contributed by atoms with Crippen molar-refractivity contribution in [2.45, 2.75) is 50.4 Å². The van der Waals surface area contributed by atoms with Gasteiger partial charge in [-0.25, -0.2) is 0 Å². The third kappa shape index (κ3) is 3.87. The SMILES string of the molecule is Cc1cc(Cl)ccc1C(=O)NC1CCCCCC1Cl. The van der Waals surface area contributed by atoms with Gasteiger partial charge in [-0.15, -0.1) is 11.6 Å². The number of carbonyl (C=O) groups is 1. The molecule has 0 radical (unpaired) electrons. The van der Waals surface area contributed by atoms with Crippen molar-refractivity contribution in [1.29, 1.82) is 0 Å². The predicted octanol–water partition coefficient (Wildman–Crippen LogP) is 4.32. The van der Waals surface area contributed by atoms with E-state index in [2.05, 4.69) is 5.32 Å². The van der Waals surface area contributed by atoms with Crippen molar-refractivity contribution in [2.24, 2.45) is 0 Å². The van der Waals surface area contributed by atoms with E-state index in [1.165, 1.54) is 6.42 Å². The summed E-state index contributed by atoms with van der Waals surface area (Å²) < 4.78 is 0. The van der Waals surface area contributed by atoms with Gasteiger partial charge in [0.2, 0.25) is 0 Å². The van der Waals surface area contributed by atoms with Gasteiger partial charge in [-0.3, -0.25) is 4.79 Å². The largest absolute Gasteiger partial charge is 0.348 e. The number of hydrogen-bond acceptors (Lipinski definition) is 1. The molecule has 1 aromatic carbocycles. The number of rotatable bonds is 2. The summed E-state index contributed by atoms with van der Waals surface area (Å²) in [5.41, 5.74) is 1.57. The van der Waals surface area contributed by atoms with Crippen molar-refractivity contribution in [3.05, 3.63) is 34.3 Å². The Balaban J connectivity index is 2.07. The lowest BCUT2D eigenvalue weighted by molar-refractivity contribution is 0.0933. The Morgan fingerprint density at radius 2 is 2.00 bits per heavy atom. The molecule has 0 spiro atoms. The average Bonchev–Trinajstić information content (AvgIpc) is 2.55. The van der Waals surface area contributed by atoms with Crippen molar-refractivity contribution in [2.75, 3.05) is 0 Å². The molecule has 2 atom stereocenters. The van der Waals surface area contributed by atoms with Crippen molar-refractivity contribution in [1.82, 2.24) is 5.32 Å². The minimum Gasteiger partial charge on any atom is -0.348 e. The first-order valence-electron chi connectivity index (χ1n) is 6.79. The van der Waals surface area contributed by atoms with Gasteiger partial charge in [-0.05, 0) is 43.5 Å². The molecule has 0 aliphatic heterocycles. The quantitative estimate of drug-likeness (QED) is 0.639. The Morgan fingerprint density at radius 1 is 1.26 bits per heavy atom. The van der Waals surface area contributed by atoms with Gasteiger partial charge in [0.15, 0.2) is 0 Å². The molecular weight excluding hydrogens is 281 g/mol. The molecule has 19 heavy (non-hydrogen) atoms. The highest BCUT2D eigenvalue weighted by molar-refractivity contribution is 6.30. The van der Waals surface area contributed by atoms with Gasteiger partial charge in [-0.1, -0.05) is 30.9 Å². The lowest BCUT2D eigenvalue weighted by atomic mass is 10.1. The summed E-state index contributed by atoms with van der Waals surface area (Å²) in [6.45, 7) is 1.89. The third-order valence-electron chi connectivity index (χ3n) is 3.68. The fourth-order valence-corrected chi connectivity index (χ4v) is 3.12. The van der Waals surface area contributed by atoms with Crippen LogP contribution in [0.3, 0.4) is 0 Å². The minimum absolute atomic E-state index is 0.0408. The zero-order chi connectivity index (χ0) is 13.8. The molecule has 1 N–H and O–H groups in total. The van der Waals surface area contributed by atoms with Gasteiger partial charge in [0.1, 0.15) is 0 Å². The highest BCUT2D eigenvalue weighted by Crippen LogP contribution is 2.23. The molecule has 1 aliphatic rings. The van der Waals surface area contributed by atoms with Crippen LogP contribution in [-0.2, 0) is 0 Å². The fraction of sp³-hybridized carbons (Fsp3) is 0.533. The van der Waals surface area contributed by atoms with E-state index in [9.17, 15) is 4.79 Å². The van der Waals surface area contributed by atoms with Crippen LogP contribution < -0.4 is 5.32 Å². The van der Waals surface area contributed by atoms with E-state index in [-0.39, 0.29) is 17.3 Å². The van der Waals surface area contributed by atoms with E-state index < -0.39 is 0 Å². The summed E-state index contributed by atoms with van der Waals surface area (Å²) in [5, 5.41) is 3.76. The van der Waals surface area contributed by atoms with Gasteiger partial charge in [0.05, 0.1) is 5.38 Å². The standard InChI is InChI=1S/C15H19Cl2NO/c1-10-9-11(16)7-8-12(10)15(19)18-14-6-4-2-3-5-13(14)17/h7-9,13-14H,2-6H2,1H3,(H,18,19). The van der Waals surface area contributed by atoms with Crippen LogP contribution in [0.4, 0.5) is 0 Å². The topological polar surface area (TPSA) is 29.1 Å². The summed E-state index contributed by atoms with van der Waals surface area (Å²) in [4.78, 5) is 12.3. The normalized spacial score (nSPS) is 23.7. The van der Waals surface area contributed by atoms with Gasteiger partial charge in [0, 0.05) is 16.6 Å². The number of amides is 1. The molecule has 0 saturated heterocycles. The molecule has 2 unspecified atom stereocenters. The highest BCUT2D eigenvalue weighted by Gasteiger charge is 2.24. The molecule has 1 amide bonds. The Labute approximate surface area is 124 Å². The lowest BCUT2D eigenvalue weighted by Crippen LogP contribution is -2.40. The Hall–Kier alpha value is -0.730. The number of nitrogens with one attached hydrogen (secondary N) is 1. The highest BCUT2D eigenvalue weighted by atomic mass is 35.5. The molecule has 0 aromatic heterocycles. The van der Waals surface area contributed by atoms with Crippen LogP contribution >= 0.6 is 23.2 Å². The smallest absolute Gasteiger partial charge is 0.251 e. The van der Waals surface area contributed by atoms with E-state index in [4.69, 9.17) is 23.2 Å². The second kappa shape index (κ2) is 6.62. The maximum absolute atomic E-state index is 12.3. The molecule has 2 rings (SSSR count). The van der Waals surface area contributed by atoms with Gasteiger partial charge in [0.25, 0.3) is 5.91 Å². The molecule has 0 heterocycles. The zero-order valence-electron chi connectivity index (χ0n) is 11.1. The molecule has 0 bridgehead atoms. The first-order chi connectivity index (χ1) is 9.08. The van der Waals surface area contributed by atoms with Crippen molar-refractivity contribution >= 4 is 29.1 Å². The molecule has 1 fully saturated rings. The number of carbonyl (C=O) groups excluding carboxylic acids is 1. The molecule has 4 heteroatoms. The first kappa shape index (κ1) is 14.7. The van der Waals surface area contributed by atoms with E-state index in [0.29, 0.717) is 10.6 Å². The number of alkyl halides is 1. The van der Waals surface area contributed by atoms with Gasteiger partial charge in [-0.2, -0.15) is 0 Å². The van der Waals surface area contributed by atoms with E-state index >= 15 is 0 Å². The van der Waals surface area contributed by atoms with Crippen LogP contribution in [0.1, 0.15) is 48.0 Å². The van der Waals surface area contributed by atoms with Crippen LogP contribution in [0.15, 0.2) is 18.2 Å². The summed E-state index contributed by atoms with van der Waals surface area (Å²) in [6, 6.07) is 5.40. The minimum atomic E-state index is -0.0493. The lowest BCUT2D eigenvalue weighted by Gasteiger charge is -2.21. The molecular formula is C15H19Cl2NO. The van der Waals surface area contributed by atoms with Crippen LogP contribution in [0.2, 0.25) is 5.02 Å². The van der Waals surface area contributed by atoms with E-state index in [1.54, 1.807) is 12.1 Å². The first-order valence-corrected chi connectivity index (χ1v) is 7.60. The Kier molecular flexibility index (Phi) is 5.12. The Morgan fingerprint density at radius 3 is 2.74 bits per heavy atom. The summed E-state index contributed by atoms with van der Waals surface area (Å²) >= 11 is 12.3. The molecule has 1 aromatic rings. The van der Waals surface area contributed by atoms with E-state index in [0.717, 1.165) is 31.2 Å². The summed E-state index contributed by atoms with van der Waals surface area (Å²) in [5.74, 6) is -0.0493. The number of benzene rings is 1. The molecule has 1 saturated carbocycles. The van der Waals surface area contributed by atoms with Crippen LogP contribution in [0, 0.1) is 6.92 Å². The Bertz CT molecular complexity index is 461. The molecule has 1 aliphatic carbocycles. The summed E-state index contributed by atoms with van der Waals surface area (Å²) in [7, 11) is 0. The second-order valence-electron chi connectivity index (χ2n) is 5.19. The second-order valence-corrected chi connectivity index (χ2v) is 6.19. The summed E-state index contributed by atoms with van der Waals surface area (Å²) in [6.07, 6.45) is 5.43. The maximum atomic E-state index is 12.3. The van der Waals surface area contributed by atoms with Crippen molar-refractivity contribution < 1.29 is 4.79 Å². The van der Waals surface area contributed by atoms with E-state index in [1.807, 2.05) is 13.0 Å². The van der Waals surface area contributed by atoms with Gasteiger partial charge >= 0.3 is 0 Å². The predicted molar refractivity (Wildman–Crippen MR) is 80.2 cm³/mol. The number of halogens is 2. The van der Waals surface area contributed by atoms with Crippen molar-refractivity contribution in [3.63, 3.8) is 0 Å². The fourth-order valence-electron chi connectivity index (χ4n) is 2.55. The molecule has 104 valence electrons. The zero-order valence-corrected chi connectivity index (χ0v) is 12.6. The number of aryl methyl sites for hydroxylation is 1. The van der Waals surface area contributed by atoms with Crippen LogP contribution in [0.25, 0.3) is 0 Å². The van der Waals surface area contributed by atoms with Crippen LogP contribution in [0.5, 0.6) is 0 Å². The maximum Gasteiger partial charge on any atom is 0.251 e. The average molecular weight is 300 g/mol. The third-order valence-corrected chi connectivity index (χ3v) is 4.44.